The number of halogens is 1. The molecule has 0 fully saturated rings. The Balaban J connectivity index is 2.02. The Kier molecular flexibility index (Phi) is 4.96. The largest absolute Gasteiger partial charge is 0.365 e. The van der Waals surface area contributed by atoms with Gasteiger partial charge in [0.25, 0.3) is 15.9 Å². The van der Waals surface area contributed by atoms with E-state index in [2.05, 4.69) is 27.6 Å². The number of benzene rings is 1. The average molecular weight is 443 g/mol. The molecule has 3 rings (SSSR count). The monoisotopic (exact) mass is 442 g/mol. The van der Waals surface area contributed by atoms with Crippen LogP contribution in [0.15, 0.2) is 27.6 Å². The van der Waals surface area contributed by atoms with E-state index in [1.807, 2.05) is 6.92 Å². The minimum absolute atomic E-state index is 0.156. The molecule has 134 valence electrons. The SMILES string of the molecule is Cc1cc(S(=O)(=O)Nc2sc3c(c2C(N)=O)CC[C@@H](C)C3)ccc1Br. The van der Waals surface area contributed by atoms with Crippen molar-refractivity contribution in [3.63, 3.8) is 0 Å². The number of nitrogens with two attached hydrogens (primary N) is 1. The van der Waals surface area contributed by atoms with E-state index >= 15 is 0 Å². The molecule has 5 nitrogen and oxygen atoms in total. The Morgan fingerprint density at radius 1 is 1.40 bits per heavy atom. The van der Waals surface area contributed by atoms with Gasteiger partial charge in [0.15, 0.2) is 0 Å². The quantitative estimate of drug-likeness (QED) is 0.753. The van der Waals surface area contributed by atoms with Gasteiger partial charge in [-0.05, 0) is 61.4 Å². The van der Waals surface area contributed by atoms with E-state index in [9.17, 15) is 13.2 Å². The Morgan fingerprint density at radius 2 is 2.12 bits per heavy atom. The number of aryl methyl sites for hydroxylation is 1. The van der Waals surface area contributed by atoms with Crippen molar-refractivity contribution in [1.29, 1.82) is 0 Å². The van der Waals surface area contributed by atoms with Crippen molar-refractivity contribution in [3.05, 3.63) is 44.2 Å². The van der Waals surface area contributed by atoms with Gasteiger partial charge in [-0.2, -0.15) is 0 Å². The van der Waals surface area contributed by atoms with Gasteiger partial charge in [0.2, 0.25) is 0 Å². The number of carbonyl (C=O) groups excluding carboxylic acids is 1. The van der Waals surface area contributed by atoms with Crippen molar-refractivity contribution in [2.45, 2.75) is 38.0 Å². The van der Waals surface area contributed by atoms with Crippen LogP contribution in [0, 0.1) is 12.8 Å². The second kappa shape index (κ2) is 6.74. The average Bonchev–Trinajstić information content (AvgIpc) is 2.85. The summed E-state index contributed by atoms with van der Waals surface area (Å²) in [5.74, 6) is -0.0674. The summed E-state index contributed by atoms with van der Waals surface area (Å²) in [5.41, 5.74) is 7.59. The first-order valence-electron chi connectivity index (χ1n) is 7.92. The Labute approximate surface area is 159 Å². The van der Waals surface area contributed by atoms with Gasteiger partial charge in [-0.3, -0.25) is 9.52 Å². The van der Waals surface area contributed by atoms with Crippen molar-refractivity contribution >= 4 is 48.2 Å². The zero-order valence-corrected chi connectivity index (χ0v) is 17.1. The summed E-state index contributed by atoms with van der Waals surface area (Å²) in [5, 5.41) is 0.326. The molecule has 0 radical (unpaired) electrons. The van der Waals surface area contributed by atoms with Crippen LogP contribution < -0.4 is 10.5 Å². The second-order valence-electron chi connectivity index (χ2n) is 6.44. The summed E-state index contributed by atoms with van der Waals surface area (Å²) >= 11 is 4.69. The lowest BCUT2D eigenvalue weighted by Crippen LogP contribution is -2.19. The Bertz CT molecular complexity index is 951. The molecule has 0 saturated carbocycles. The third-order valence-corrected chi connectivity index (χ3v) is 7.96. The maximum absolute atomic E-state index is 12.7. The molecule has 0 spiro atoms. The zero-order valence-electron chi connectivity index (χ0n) is 13.9. The molecule has 2 aromatic rings. The third-order valence-electron chi connectivity index (χ3n) is 4.42. The van der Waals surface area contributed by atoms with Gasteiger partial charge in [0.1, 0.15) is 5.00 Å². The van der Waals surface area contributed by atoms with E-state index in [0.29, 0.717) is 16.5 Å². The molecular weight excluding hydrogens is 424 g/mol. The standard InChI is InChI=1S/C17H19BrN2O3S2/c1-9-3-5-12-14(7-9)24-17(15(12)16(19)21)20-25(22,23)11-4-6-13(18)10(2)8-11/h4,6,8-9,20H,3,5,7H2,1-2H3,(H2,19,21)/t9-/m1/s1. The fourth-order valence-corrected chi connectivity index (χ4v) is 6.10. The fourth-order valence-electron chi connectivity index (χ4n) is 3.05. The van der Waals surface area contributed by atoms with Gasteiger partial charge in [0.05, 0.1) is 10.5 Å². The van der Waals surface area contributed by atoms with Crippen LogP contribution in [0.3, 0.4) is 0 Å². The van der Waals surface area contributed by atoms with Crippen LogP contribution in [0.1, 0.15) is 39.7 Å². The van der Waals surface area contributed by atoms with Gasteiger partial charge in [0, 0.05) is 9.35 Å². The molecule has 0 saturated heterocycles. The highest BCUT2D eigenvalue weighted by molar-refractivity contribution is 9.10. The molecule has 1 atom stereocenters. The number of thiophene rings is 1. The topological polar surface area (TPSA) is 89.3 Å². The minimum atomic E-state index is -3.79. The van der Waals surface area contributed by atoms with Gasteiger partial charge in [-0.1, -0.05) is 22.9 Å². The number of nitrogens with one attached hydrogen (secondary N) is 1. The maximum atomic E-state index is 12.7. The second-order valence-corrected chi connectivity index (χ2v) is 10.1. The number of primary amides is 1. The summed E-state index contributed by atoms with van der Waals surface area (Å²) in [7, 11) is -3.79. The lowest BCUT2D eigenvalue weighted by molar-refractivity contribution is 0.100. The molecule has 0 unspecified atom stereocenters. The number of rotatable bonds is 4. The van der Waals surface area contributed by atoms with Crippen molar-refractivity contribution in [1.82, 2.24) is 0 Å². The molecule has 1 heterocycles. The minimum Gasteiger partial charge on any atom is -0.365 e. The molecule has 1 aromatic carbocycles. The molecule has 1 aliphatic carbocycles. The Hall–Kier alpha value is -1.38. The maximum Gasteiger partial charge on any atom is 0.262 e. The van der Waals surface area contributed by atoms with Gasteiger partial charge in [-0.25, -0.2) is 8.42 Å². The van der Waals surface area contributed by atoms with E-state index in [-0.39, 0.29) is 4.90 Å². The van der Waals surface area contributed by atoms with Crippen LogP contribution >= 0.6 is 27.3 Å². The fraction of sp³-hybridized carbons (Fsp3) is 0.353. The van der Waals surface area contributed by atoms with Crippen molar-refractivity contribution in [2.75, 3.05) is 4.72 Å². The van der Waals surface area contributed by atoms with E-state index < -0.39 is 15.9 Å². The normalized spacial score (nSPS) is 17.2. The van der Waals surface area contributed by atoms with E-state index in [4.69, 9.17) is 5.73 Å². The third kappa shape index (κ3) is 3.61. The molecule has 25 heavy (non-hydrogen) atoms. The van der Waals surface area contributed by atoms with E-state index in [1.165, 1.54) is 17.4 Å². The lowest BCUT2D eigenvalue weighted by Gasteiger charge is -2.18. The van der Waals surface area contributed by atoms with Gasteiger partial charge < -0.3 is 5.73 Å². The number of carbonyl (C=O) groups is 1. The van der Waals surface area contributed by atoms with Gasteiger partial charge >= 0.3 is 0 Å². The lowest BCUT2D eigenvalue weighted by atomic mass is 9.88. The van der Waals surface area contributed by atoms with Crippen molar-refractivity contribution in [3.8, 4) is 0 Å². The Morgan fingerprint density at radius 3 is 2.76 bits per heavy atom. The van der Waals surface area contributed by atoms with Crippen molar-refractivity contribution in [2.24, 2.45) is 11.7 Å². The van der Waals surface area contributed by atoms with Crippen LogP contribution in [0.5, 0.6) is 0 Å². The predicted octanol–water partition coefficient (Wildman–Crippen LogP) is 3.84. The number of hydrogen-bond acceptors (Lipinski definition) is 4. The van der Waals surface area contributed by atoms with E-state index in [0.717, 1.165) is 39.7 Å². The smallest absolute Gasteiger partial charge is 0.262 e. The zero-order chi connectivity index (χ0) is 18.4. The summed E-state index contributed by atoms with van der Waals surface area (Å²) < 4.78 is 28.9. The molecule has 1 aromatic heterocycles. The highest BCUT2D eigenvalue weighted by atomic mass is 79.9. The molecule has 0 bridgehead atoms. The number of hydrogen-bond donors (Lipinski definition) is 2. The number of sulfonamides is 1. The summed E-state index contributed by atoms with van der Waals surface area (Å²) in [6.45, 7) is 3.98. The molecule has 0 aliphatic heterocycles. The number of fused-ring (bicyclic) bond motifs is 1. The first-order chi connectivity index (χ1) is 11.7. The first-order valence-corrected chi connectivity index (χ1v) is 11.0. The molecule has 1 aliphatic rings. The molecule has 1 amide bonds. The van der Waals surface area contributed by atoms with E-state index in [1.54, 1.807) is 12.1 Å². The van der Waals surface area contributed by atoms with Crippen LogP contribution in [0.4, 0.5) is 5.00 Å². The highest BCUT2D eigenvalue weighted by Crippen LogP contribution is 2.40. The van der Waals surface area contributed by atoms with Gasteiger partial charge in [-0.15, -0.1) is 11.3 Å². The van der Waals surface area contributed by atoms with Crippen LogP contribution in [0.2, 0.25) is 0 Å². The summed E-state index contributed by atoms with van der Waals surface area (Å²) in [6.07, 6.45) is 2.58. The molecule has 8 heteroatoms. The molecule has 3 N–H and O–H groups in total. The number of anilines is 1. The van der Waals surface area contributed by atoms with Crippen LogP contribution in [-0.2, 0) is 22.9 Å². The van der Waals surface area contributed by atoms with Crippen LogP contribution in [0.25, 0.3) is 0 Å². The molecular formula is C17H19BrN2O3S2. The summed E-state index contributed by atoms with van der Waals surface area (Å²) in [6, 6.07) is 4.81. The highest BCUT2D eigenvalue weighted by Gasteiger charge is 2.28. The van der Waals surface area contributed by atoms with Crippen LogP contribution in [-0.4, -0.2) is 14.3 Å². The first kappa shape index (κ1) is 18.4. The summed E-state index contributed by atoms with van der Waals surface area (Å²) in [4.78, 5) is 13.2. The predicted molar refractivity (Wildman–Crippen MR) is 104 cm³/mol. The van der Waals surface area contributed by atoms with Crippen molar-refractivity contribution < 1.29 is 13.2 Å². The number of amides is 1.